The monoisotopic (exact) mass is 205 g/mol. The molecule has 1 fully saturated rings. The molecule has 2 heterocycles. The van der Waals surface area contributed by atoms with Crippen molar-refractivity contribution in [3.8, 4) is 11.6 Å². The van der Waals surface area contributed by atoms with Crippen molar-refractivity contribution in [1.29, 1.82) is 0 Å². The van der Waals surface area contributed by atoms with Crippen LogP contribution in [0.15, 0.2) is 16.8 Å². The van der Waals surface area contributed by atoms with Gasteiger partial charge in [-0.05, 0) is 18.9 Å². The van der Waals surface area contributed by atoms with Gasteiger partial charge in [-0.25, -0.2) is 0 Å². The van der Waals surface area contributed by atoms with Crippen LogP contribution in [0.25, 0.3) is 11.6 Å². The maximum absolute atomic E-state index is 5.09. The third-order valence-electron chi connectivity index (χ3n) is 2.33. The number of hydrogen-bond acceptors (Lipinski definition) is 5. The molecule has 1 saturated carbocycles. The molecule has 2 aromatic heterocycles. The van der Waals surface area contributed by atoms with Crippen molar-refractivity contribution in [3.05, 3.63) is 18.1 Å². The van der Waals surface area contributed by atoms with E-state index in [0.29, 0.717) is 24.3 Å². The minimum absolute atomic E-state index is 0.486. The lowest BCUT2D eigenvalue weighted by Gasteiger charge is -1.94. The average Bonchev–Trinajstić information content (AvgIpc) is 2.78. The first kappa shape index (κ1) is 8.60. The summed E-state index contributed by atoms with van der Waals surface area (Å²) >= 11 is 0. The number of nitrogens with one attached hydrogen (secondary N) is 2. The zero-order valence-corrected chi connectivity index (χ0v) is 8.10. The van der Waals surface area contributed by atoms with Crippen LogP contribution >= 0.6 is 0 Å². The van der Waals surface area contributed by atoms with E-state index in [2.05, 4.69) is 25.7 Å². The molecular weight excluding hydrogens is 194 g/mol. The predicted molar refractivity (Wildman–Crippen MR) is 51.7 cm³/mol. The number of H-pyrrole nitrogens is 1. The first-order valence-electron chi connectivity index (χ1n) is 4.97. The van der Waals surface area contributed by atoms with Gasteiger partial charge in [-0.15, -0.1) is 0 Å². The summed E-state index contributed by atoms with van der Waals surface area (Å²) in [5, 5.41) is 13.8. The average molecular weight is 205 g/mol. The van der Waals surface area contributed by atoms with E-state index in [1.807, 2.05) is 0 Å². The van der Waals surface area contributed by atoms with Gasteiger partial charge in [-0.2, -0.15) is 10.1 Å². The van der Waals surface area contributed by atoms with Crippen LogP contribution in [-0.4, -0.2) is 26.4 Å². The lowest BCUT2D eigenvalue weighted by atomic mass is 10.4. The summed E-state index contributed by atoms with van der Waals surface area (Å²) in [6, 6.07) is 2.45. The van der Waals surface area contributed by atoms with Crippen molar-refractivity contribution in [2.24, 2.45) is 0 Å². The molecule has 6 nitrogen and oxygen atoms in total. The maximum Gasteiger partial charge on any atom is 0.275 e. The highest BCUT2D eigenvalue weighted by Gasteiger charge is 2.21. The summed E-state index contributed by atoms with van der Waals surface area (Å²) in [6.07, 6.45) is 4.16. The van der Waals surface area contributed by atoms with E-state index < -0.39 is 0 Å². The highest BCUT2D eigenvalue weighted by molar-refractivity contribution is 5.44. The highest BCUT2D eigenvalue weighted by atomic mass is 16.5. The van der Waals surface area contributed by atoms with E-state index in [-0.39, 0.29) is 0 Å². The van der Waals surface area contributed by atoms with E-state index in [0.717, 1.165) is 5.69 Å². The van der Waals surface area contributed by atoms with Crippen LogP contribution in [-0.2, 0) is 6.54 Å². The Morgan fingerprint density at radius 1 is 1.53 bits per heavy atom. The molecule has 2 N–H and O–H groups in total. The molecule has 0 atom stereocenters. The second kappa shape index (κ2) is 3.47. The first-order valence-corrected chi connectivity index (χ1v) is 4.97. The Kier molecular flexibility index (Phi) is 1.99. The third-order valence-corrected chi connectivity index (χ3v) is 2.33. The highest BCUT2D eigenvalue weighted by Crippen LogP contribution is 2.19. The van der Waals surface area contributed by atoms with Crippen LogP contribution in [0, 0.1) is 0 Å². The Labute approximate surface area is 86.1 Å². The summed E-state index contributed by atoms with van der Waals surface area (Å²) in [7, 11) is 0. The number of aromatic amines is 1. The molecule has 0 saturated heterocycles. The molecule has 1 aliphatic carbocycles. The molecule has 3 rings (SSSR count). The number of nitrogens with zero attached hydrogens (tertiary/aromatic N) is 3. The quantitative estimate of drug-likeness (QED) is 0.768. The molecule has 0 unspecified atom stereocenters. The topological polar surface area (TPSA) is 79.6 Å². The van der Waals surface area contributed by atoms with E-state index in [4.69, 9.17) is 4.52 Å². The molecule has 0 amide bonds. The van der Waals surface area contributed by atoms with Crippen LogP contribution in [0.2, 0.25) is 0 Å². The van der Waals surface area contributed by atoms with Crippen molar-refractivity contribution in [2.75, 3.05) is 0 Å². The van der Waals surface area contributed by atoms with Crippen molar-refractivity contribution in [2.45, 2.75) is 25.4 Å². The molecule has 0 bridgehead atoms. The molecule has 0 aromatic carbocycles. The normalized spacial score (nSPS) is 15.7. The fourth-order valence-electron chi connectivity index (χ4n) is 1.33. The third kappa shape index (κ3) is 1.89. The van der Waals surface area contributed by atoms with Gasteiger partial charge in [0.1, 0.15) is 5.69 Å². The number of hydrogen-bond donors (Lipinski definition) is 2. The molecule has 6 heteroatoms. The Morgan fingerprint density at radius 2 is 2.47 bits per heavy atom. The zero-order valence-electron chi connectivity index (χ0n) is 8.10. The van der Waals surface area contributed by atoms with E-state index in [1.165, 1.54) is 12.8 Å². The lowest BCUT2D eigenvalue weighted by Crippen LogP contribution is -2.16. The van der Waals surface area contributed by atoms with Gasteiger partial charge < -0.3 is 9.84 Å². The molecular formula is C9H11N5O. The zero-order chi connectivity index (χ0) is 10.1. The van der Waals surface area contributed by atoms with Gasteiger partial charge in [-0.1, -0.05) is 5.16 Å². The summed E-state index contributed by atoms with van der Waals surface area (Å²) in [4.78, 5) is 4.24. The Bertz CT molecular complexity index is 431. The Hall–Kier alpha value is -1.69. The fourth-order valence-corrected chi connectivity index (χ4v) is 1.33. The molecule has 0 radical (unpaired) electrons. The SMILES string of the molecule is c1cc(-c2nc(CNC3CC3)no2)[nH]n1. The van der Waals surface area contributed by atoms with Crippen molar-refractivity contribution in [3.63, 3.8) is 0 Å². The van der Waals surface area contributed by atoms with Crippen molar-refractivity contribution >= 4 is 0 Å². The minimum Gasteiger partial charge on any atom is -0.332 e. The Balaban J connectivity index is 1.69. The molecule has 78 valence electrons. The van der Waals surface area contributed by atoms with Crippen molar-refractivity contribution < 1.29 is 4.52 Å². The van der Waals surface area contributed by atoms with Crippen molar-refractivity contribution in [1.82, 2.24) is 25.7 Å². The number of aromatic nitrogens is 4. The van der Waals surface area contributed by atoms with Crippen LogP contribution in [0.4, 0.5) is 0 Å². The van der Waals surface area contributed by atoms with E-state index in [1.54, 1.807) is 12.3 Å². The fraction of sp³-hybridized carbons (Fsp3) is 0.444. The standard InChI is InChI=1S/C9H11N5O/c1-2-6(1)10-5-8-12-9(15-14-8)7-3-4-11-13-7/h3-4,6,10H,1-2,5H2,(H,11,13). The second-order valence-corrected chi connectivity index (χ2v) is 3.64. The van der Waals surface area contributed by atoms with E-state index in [9.17, 15) is 0 Å². The molecule has 2 aromatic rings. The summed E-state index contributed by atoms with van der Waals surface area (Å²) in [6.45, 7) is 0.669. The van der Waals surface area contributed by atoms with Gasteiger partial charge in [-0.3, -0.25) is 5.10 Å². The largest absolute Gasteiger partial charge is 0.332 e. The maximum atomic E-state index is 5.09. The first-order chi connectivity index (χ1) is 7.42. The second-order valence-electron chi connectivity index (χ2n) is 3.64. The van der Waals surface area contributed by atoms with Gasteiger partial charge in [0.25, 0.3) is 5.89 Å². The van der Waals surface area contributed by atoms with Crippen LogP contribution in [0.1, 0.15) is 18.7 Å². The van der Waals surface area contributed by atoms with Crippen LogP contribution in [0.3, 0.4) is 0 Å². The Morgan fingerprint density at radius 3 is 3.20 bits per heavy atom. The van der Waals surface area contributed by atoms with Crippen LogP contribution in [0.5, 0.6) is 0 Å². The molecule has 0 aliphatic heterocycles. The molecule has 0 spiro atoms. The molecule has 1 aliphatic rings. The minimum atomic E-state index is 0.486. The number of rotatable bonds is 4. The lowest BCUT2D eigenvalue weighted by molar-refractivity contribution is 0.418. The van der Waals surface area contributed by atoms with Crippen LogP contribution < -0.4 is 5.32 Å². The molecule has 15 heavy (non-hydrogen) atoms. The van der Waals surface area contributed by atoms with Gasteiger partial charge in [0.15, 0.2) is 5.82 Å². The van der Waals surface area contributed by atoms with E-state index >= 15 is 0 Å². The summed E-state index contributed by atoms with van der Waals surface area (Å²) < 4.78 is 5.09. The summed E-state index contributed by atoms with van der Waals surface area (Å²) in [5.41, 5.74) is 0.750. The van der Waals surface area contributed by atoms with Gasteiger partial charge in [0.05, 0.1) is 6.54 Å². The van der Waals surface area contributed by atoms with Gasteiger partial charge >= 0.3 is 0 Å². The predicted octanol–water partition coefficient (Wildman–Crippen LogP) is 0.712. The van der Waals surface area contributed by atoms with Gasteiger partial charge in [0.2, 0.25) is 0 Å². The smallest absolute Gasteiger partial charge is 0.275 e. The summed E-state index contributed by atoms with van der Waals surface area (Å²) in [5.74, 6) is 1.17. The van der Waals surface area contributed by atoms with Gasteiger partial charge in [0, 0.05) is 12.2 Å².